The van der Waals surface area contributed by atoms with E-state index in [4.69, 9.17) is 9.47 Å². The van der Waals surface area contributed by atoms with E-state index in [-0.39, 0.29) is 24.2 Å². The van der Waals surface area contributed by atoms with E-state index >= 15 is 0 Å². The fourth-order valence-corrected chi connectivity index (χ4v) is 1.45. The summed E-state index contributed by atoms with van der Waals surface area (Å²) >= 11 is 0. The zero-order valence-corrected chi connectivity index (χ0v) is 8.57. The molecule has 1 fully saturated rings. The van der Waals surface area contributed by atoms with Gasteiger partial charge in [0.1, 0.15) is 6.10 Å². The van der Waals surface area contributed by atoms with Crippen LogP contribution in [0.5, 0.6) is 0 Å². The van der Waals surface area contributed by atoms with Crippen molar-refractivity contribution in [3.63, 3.8) is 0 Å². The van der Waals surface area contributed by atoms with E-state index in [9.17, 15) is 9.59 Å². The first-order valence-corrected chi connectivity index (χ1v) is 4.52. The van der Waals surface area contributed by atoms with E-state index in [1.54, 1.807) is 6.92 Å². The van der Waals surface area contributed by atoms with Crippen LogP contribution in [0.3, 0.4) is 0 Å². The predicted octanol–water partition coefficient (Wildman–Crippen LogP) is -0.159. The topological polar surface area (TPSA) is 64.6 Å². The van der Waals surface area contributed by atoms with Crippen LogP contribution in [-0.4, -0.2) is 37.2 Å². The van der Waals surface area contributed by atoms with Gasteiger partial charge in [-0.25, -0.2) is 0 Å². The molecule has 0 aliphatic carbocycles. The Morgan fingerprint density at radius 1 is 1.64 bits per heavy atom. The van der Waals surface area contributed by atoms with Crippen molar-refractivity contribution in [1.82, 2.24) is 5.32 Å². The smallest absolute Gasteiger partial charge is 0.217 e. The Balaban J connectivity index is 2.62. The zero-order valence-electron chi connectivity index (χ0n) is 8.57. The Kier molecular flexibility index (Phi) is 3.60. The maximum absolute atomic E-state index is 11.3. The highest BCUT2D eigenvalue weighted by molar-refractivity contribution is 5.84. The number of hydrogen-bond donors (Lipinski definition) is 1. The molecule has 1 aliphatic heterocycles. The lowest BCUT2D eigenvalue weighted by atomic mass is 10.0. The van der Waals surface area contributed by atoms with Crippen LogP contribution in [0, 0.1) is 0 Å². The first-order chi connectivity index (χ1) is 6.54. The molecule has 3 unspecified atom stereocenters. The van der Waals surface area contributed by atoms with Gasteiger partial charge in [-0.1, -0.05) is 0 Å². The average molecular weight is 201 g/mol. The summed E-state index contributed by atoms with van der Waals surface area (Å²) in [6.45, 7) is 3.08. The highest BCUT2D eigenvalue weighted by Gasteiger charge is 2.35. The van der Waals surface area contributed by atoms with Crippen LogP contribution < -0.4 is 5.32 Å². The second-order valence-electron chi connectivity index (χ2n) is 3.36. The molecule has 0 aromatic carbocycles. The fraction of sp³-hybridized carbons (Fsp3) is 0.778. The molecular formula is C9H15NO4. The average Bonchev–Trinajstić information content (AvgIpc) is 2.10. The number of amides is 1. The SMILES string of the molecule is COC1OC(C)C(=O)CC1NC(C)=O. The van der Waals surface area contributed by atoms with E-state index in [1.165, 1.54) is 14.0 Å². The number of Topliss-reactive ketones (excluding diaryl/α,β-unsaturated/α-hetero) is 1. The van der Waals surface area contributed by atoms with Gasteiger partial charge in [0.25, 0.3) is 0 Å². The molecule has 0 saturated carbocycles. The van der Waals surface area contributed by atoms with Crippen molar-refractivity contribution in [2.75, 3.05) is 7.11 Å². The molecule has 1 heterocycles. The molecular weight excluding hydrogens is 186 g/mol. The molecule has 0 aromatic heterocycles. The van der Waals surface area contributed by atoms with E-state index in [1.807, 2.05) is 0 Å². The molecule has 0 radical (unpaired) electrons. The van der Waals surface area contributed by atoms with Crippen molar-refractivity contribution in [3.8, 4) is 0 Å². The van der Waals surface area contributed by atoms with E-state index in [0.717, 1.165) is 0 Å². The molecule has 1 rings (SSSR count). The van der Waals surface area contributed by atoms with Crippen LogP contribution in [0.4, 0.5) is 0 Å². The summed E-state index contributed by atoms with van der Waals surface area (Å²) in [5.41, 5.74) is 0. The molecule has 0 bridgehead atoms. The minimum absolute atomic E-state index is 0.0166. The predicted molar refractivity (Wildman–Crippen MR) is 48.6 cm³/mol. The minimum Gasteiger partial charge on any atom is -0.354 e. The van der Waals surface area contributed by atoms with Gasteiger partial charge in [0.05, 0.1) is 6.04 Å². The first-order valence-electron chi connectivity index (χ1n) is 4.52. The molecule has 1 N–H and O–H groups in total. The third-order valence-corrected chi connectivity index (χ3v) is 2.16. The van der Waals surface area contributed by atoms with Crippen molar-refractivity contribution in [3.05, 3.63) is 0 Å². The van der Waals surface area contributed by atoms with Crippen LogP contribution in [0.2, 0.25) is 0 Å². The van der Waals surface area contributed by atoms with E-state index in [2.05, 4.69) is 5.32 Å². The normalized spacial score (nSPS) is 32.8. The molecule has 5 nitrogen and oxygen atoms in total. The highest BCUT2D eigenvalue weighted by atomic mass is 16.7. The molecule has 1 amide bonds. The molecule has 5 heteroatoms. The van der Waals surface area contributed by atoms with Gasteiger partial charge >= 0.3 is 0 Å². The lowest BCUT2D eigenvalue weighted by Gasteiger charge is -2.33. The Labute approximate surface area is 82.8 Å². The molecule has 0 spiro atoms. The van der Waals surface area contributed by atoms with Crippen molar-refractivity contribution in [1.29, 1.82) is 0 Å². The number of carbonyl (C=O) groups is 2. The summed E-state index contributed by atoms with van der Waals surface area (Å²) in [5, 5.41) is 2.62. The lowest BCUT2D eigenvalue weighted by molar-refractivity contribution is -0.193. The fourth-order valence-electron chi connectivity index (χ4n) is 1.45. The van der Waals surface area contributed by atoms with E-state index in [0.29, 0.717) is 0 Å². The van der Waals surface area contributed by atoms with Gasteiger partial charge in [-0.3, -0.25) is 9.59 Å². The largest absolute Gasteiger partial charge is 0.354 e. The Morgan fingerprint density at radius 2 is 2.29 bits per heavy atom. The van der Waals surface area contributed by atoms with Gasteiger partial charge in [0, 0.05) is 20.5 Å². The third-order valence-electron chi connectivity index (χ3n) is 2.16. The van der Waals surface area contributed by atoms with Crippen LogP contribution in [0.15, 0.2) is 0 Å². The summed E-state index contributed by atoms with van der Waals surface area (Å²) in [5.74, 6) is -0.208. The zero-order chi connectivity index (χ0) is 10.7. The van der Waals surface area contributed by atoms with Crippen LogP contribution >= 0.6 is 0 Å². The van der Waals surface area contributed by atoms with Gasteiger partial charge in [0.15, 0.2) is 12.1 Å². The number of nitrogens with one attached hydrogen (secondary N) is 1. The standard InChI is InChI=1S/C9H15NO4/c1-5-8(12)4-7(10-6(2)11)9(13-3)14-5/h5,7,9H,4H2,1-3H3,(H,10,11). The molecule has 1 saturated heterocycles. The summed E-state index contributed by atoms with van der Waals surface area (Å²) in [7, 11) is 1.49. The molecule has 80 valence electrons. The minimum atomic E-state index is -0.536. The molecule has 3 atom stereocenters. The van der Waals surface area contributed by atoms with Crippen molar-refractivity contribution >= 4 is 11.7 Å². The van der Waals surface area contributed by atoms with Crippen molar-refractivity contribution < 1.29 is 19.1 Å². The number of hydrogen-bond acceptors (Lipinski definition) is 4. The molecule has 0 aromatic rings. The highest BCUT2D eigenvalue weighted by Crippen LogP contribution is 2.17. The summed E-state index contributed by atoms with van der Waals surface area (Å²) in [6, 6.07) is -0.374. The Hall–Kier alpha value is -0.940. The lowest BCUT2D eigenvalue weighted by Crippen LogP contribution is -2.52. The monoisotopic (exact) mass is 201 g/mol. The van der Waals surface area contributed by atoms with Gasteiger partial charge in [-0.2, -0.15) is 0 Å². The first kappa shape index (κ1) is 11.1. The summed E-state index contributed by atoms with van der Waals surface area (Å²) in [6.07, 6.45) is -0.726. The number of rotatable bonds is 2. The van der Waals surface area contributed by atoms with Gasteiger partial charge in [0.2, 0.25) is 5.91 Å². The van der Waals surface area contributed by atoms with E-state index < -0.39 is 12.4 Å². The van der Waals surface area contributed by atoms with Crippen LogP contribution in [0.25, 0.3) is 0 Å². The Bertz CT molecular complexity index is 241. The van der Waals surface area contributed by atoms with Gasteiger partial charge in [-0.15, -0.1) is 0 Å². The van der Waals surface area contributed by atoms with Crippen molar-refractivity contribution in [2.24, 2.45) is 0 Å². The Morgan fingerprint density at radius 3 is 2.79 bits per heavy atom. The second kappa shape index (κ2) is 4.52. The molecule has 14 heavy (non-hydrogen) atoms. The summed E-state index contributed by atoms with van der Waals surface area (Å²) < 4.78 is 10.3. The maximum Gasteiger partial charge on any atom is 0.217 e. The van der Waals surface area contributed by atoms with Crippen molar-refractivity contribution in [2.45, 2.75) is 38.7 Å². The quantitative estimate of drug-likeness (QED) is 0.674. The number of ketones is 1. The summed E-state index contributed by atoms with van der Waals surface area (Å²) in [4.78, 5) is 22.1. The number of carbonyl (C=O) groups excluding carboxylic acids is 2. The van der Waals surface area contributed by atoms with Crippen LogP contribution in [0.1, 0.15) is 20.3 Å². The number of ether oxygens (including phenoxy) is 2. The number of methoxy groups -OCH3 is 1. The third kappa shape index (κ3) is 2.52. The van der Waals surface area contributed by atoms with Gasteiger partial charge < -0.3 is 14.8 Å². The van der Waals surface area contributed by atoms with Crippen LogP contribution in [-0.2, 0) is 19.1 Å². The second-order valence-corrected chi connectivity index (χ2v) is 3.36. The van der Waals surface area contributed by atoms with Gasteiger partial charge in [-0.05, 0) is 6.92 Å². The maximum atomic E-state index is 11.3. The molecule has 1 aliphatic rings.